The lowest BCUT2D eigenvalue weighted by molar-refractivity contribution is -0.899. The number of nitrogens with one attached hydrogen (secondary N) is 1. The van der Waals surface area contributed by atoms with E-state index in [1.54, 1.807) is 0 Å². The molecule has 5 nitrogen and oxygen atoms in total. The van der Waals surface area contributed by atoms with Crippen molar-refractivity contribution < 1.29 is 4.59 Å². The highest BCUT2D eigenvalue weighted by molar-refractivity contribution is 6.09. The van der Waals surface area contributed by atoms with Crippen LogP contribution in [0.2, 0.25) is 0 Å². The fraction of sp³-hybridized carbons (Fsp3) is 0.250. The normalized spacial score (nSPS) is 30.1. The highest BCUT2D eigenvalue weighted by Gasteiger charge is 2.49. The molecule has 0 spiro atoms. The molecule has 0 aliphatic carbocycles. The van der Waals surface area contributed by atoms with Gasteiger partial charge in [-0.05, 0) is 0 Å². The molecule has 0 amide bonds. The number of nitrogens with two attached hydrogens (primary N) is 1. The smallest absolute Gasteiger partial charge is 0.247 e. The first kappa shape index (κ1) is 13.0. The van der Waals surface area contributed by atoms with Crippen molar-refractivity contribution >= 4 is 18.1 Å². The number of benzene rings is 1. The lowest BCUT2D eigenvalue weighted by Crippen LogP contribution is -2.52. The van der Waals surface area contributed by atoms with Gasteiger partial charge in [-0.25, -0.2) is 0 Å². The van der Waals surface area contributed by atoms with Crippen LogP contribution in [0.15, 0.2) is 47.3 Å². The van der Waals surface area contributed by atoms with E-state index in [4.69, 9.17) is 10.8 Å². The summed E-state index contributed by atoms with van der Waals surface area (Å²) < 4.78 is 0.362. The number of halogens is 1. The standard InChI is InChI=1S/C12H16N5.ClH/c1-16-12(13)17(2)11(14-16)8-10(15-17)9-6-4-3-5-7-9;/h3-8,12,14H,13H2,1-2H3;1H/q+1;. The fourth-order valence-corrected chi connectivity index (χ4v) is 2.24. The van der Waals surface area contributed by atoms with Crippen LogP contribution in [-0.4, -0.2) is 35.7 Å². The summed E-state index contributed by atoms with van der Waals surface area (Å²) in [5.41, 5.74) is 11.4. The number of hydrogen-bond donors (Lipinski definition) is 2. The summed E-state index contributed by atoms with van der Waals surface area (Å²) in [5, 5.41) is 6.59. The Kier molecular flexibility index (Phi) is 3.16. The molecule has 2 aliphatic rings. The SMILES string of the molecule is CN1NC2=CC(c3ccccc3)=N[N+]2(C)C1N.Cl. The minimum atomic E-state index is -0.192. The van der Waals surface area contributed by atoms with E-state index >= 15 is 0 Å². The topological polar surface area (TPSA) is 53.6 Å². The summed E-state index contributed by atoms with van der Waals surface area (Å²) in [7, 11) is 3.92. The molecule has 0 saturated carbocycles. The molecule has 1 saturated heterocycles. The number of allylic oxidation sites excluding steroid dienone is 1. The van der Waals surface area contributed by atoms with E-state index in [1.807, 2.05) is 37.3 Å². The highest BCUT2D eigenvalue weighted by atomic mass is 35.5. The number of nitrogens with zero attached hydrogens (tertiary/aromatic N) is 3. The summed E-state index contributed by atoms with van der Waals surface area (Å²) in [4.78, 5) is 0. The second-order valence-corrected chi connectivity index (χ2v) is 4.54. The second kappa shape index (κ2) is 4.37. The molecular weight excluding hydrogens is 250 g/mol. The van der Waals surface area contributed by atoms with Gasteiger partial charge in [0.1, 0.15) is 12.8 Å². The van der Waals surface area contributed by atoms with Gasteiger partial charge in [0.25, 0.3) is 0 Å². The Hall–Kier alpha value is -1.40. The lowest BCUT2D eigenvalue weighted by Gasteiger charge is -2.23. The molecule has 2 aliphatic heterocycles. The molecule has 96 valence electrons. The predicted octanol–water partition coefficient (Wildman–Crippen LogP) is 0.806. The summed E-state index contributed by atoms with van der Waals surface area (Å²) in [6.45, 7) is 0. The van der Waals surface area contributed by atoms with Gasteiger partial charge in [0.05, 0.1) is 6.08 Å². The average Bonchev–Trinajstić information content (AvgIpc) is 2.77. The Labute approximate surface area is 113 Å². The van der Waals surface area contributed by atoms with Gasteiger partial charge in [-0.15, -0.1) is 17.0 Å². The van der Waals surface area contributed by atoms with Gasteiger partial charge in [0.2, 0.25) is 12.1 Å². The highest BCUT2D eigenvalue weighted by Crippen LogP contribution is 2.30. The maximum Gasteiger partial charge on any atom is 0.247 e. The van der Waals surface area contributed by atoms with E-state index in [0.29, 0.717) is 4.59 Å². The second-order valence-electron chi connectivity index (χ2n) is 4.54. The lowest BCUT2D eigenvalue weighted by atomic mass is 10.1. The van der Waals surface area contributed by atoms with Crippen LogP contribution in [0.5, 0.6) is 0 Å². The summed E-state index contributed by atoms with van der Waals surface area (Å²) in [6, 6.07) is 10.1. The van der Waals surface area contributed by atoms with Gasteiger partial charge in [-0.3, -0.25) is 11.2 Å². The molecule has 18 heavy (non-hydrogen) atoms. The Morgan fingerprint density at radius 3 is 2.61 bits per heavy atom. The predicted molar refractivity (Wildman–Crippen MR) is 73.4 cm³/mol. The molecule has 2 unspecified atom stereocenters. The quantitative estimate of drug-likeness (QED) is 0.740. The Bertz CT molecular complexity index is 512. The molecular formula is C12H17ClN5+. The van der Waals surface area contributed by atoms with E-state index in [0.717, 1.165) is 17.1 Å². The minimum absolute atomic E-state index is 0. The zero-order chi connectivity index (χ0) is 12.0. The number of quaternary nitrogens is 1. The third-order valence-electron chi connectivity index (χ3n) is 3.35. The van der Waals surface area contributed by atoms with Crippen LogP contribution >= 0.6 is 12.4 Å². The third-order valence-corrected chi connectivity index (χ3v) is 3.35. The van der Waals surface area contributed by atoms with Crippen LogP contribution in [0.1, 0.15) is 5.56 Å². The van der Waals surface area contributed by atoms with Gasteiger partial charge in [0.15, 0.2) is 0 Å². The van der Waals surface area contributed by atoms with Gasteiger partial charge in [-0.2, -0.15) is 5.01 Å². The first-order chi connectivity index (χ1) is 8.11. The average molecular weight is 267 g/mol. The van der Waals surface area contributed by atoms with Crippen molar-refractivity contribution in [3.63, 3.8) is 0 Å². The number of hydrazine groups is 1. The molecule has 0 radical (unpaired) electrons. The molecule has 1 aromatic carbocycles. The first-order valence-electron chi connectivity index (χ1n) is 5.60. The van der Waals surface area contributed by atoms with Crippen LogP contribution < -0.4 is 11.2 Å². The molecule has 0 aromatic heterocycles. The van der Waals surface area contributed by atoms with Gasteiger partial charge < -0.3 is 0 Å². The van der Waals surface area contributed by atoms with Crippen molar-refractivity contribution in [1.82, 2.24) is 10.4 Å². The van der Waals surface area contributed by atoms with E-state index in [-0.39, 0.29) is 18.7 Å². The van der Waals surface area contributed by atoms with E-state index in [9.17, 15) is 0 Å². The number of rotatable bonds is 1. The van der Waals surface area contributed by atoms with E-state index in [2.05, 4.69) is 23.6 Å². The molecule has 2 heterocycles. The van der Waals surface area contributed by atoms with Crippen LogP contribution in [0, 0.1) is 0 Å². The summed E-state index contributed by atoms with van der Waals surface area (Å²) in [6.07, 6.45) is 1.86. The van der Waals surface area contributed by atoms with Crippen molar-refractivity contribution in [3.8, 4) is 0 Å². The van der Waals surface area contributed by atoms with Crippen molar-refractivity contribution in [2.24, 2.45) is 10.8 Å². The maximum atomic E-state index is 6.13. The van der Waals surface area contributed by atoms with E-state index < -0.39 is 0 Å². The monoisotopic (exact) mass is 266 g/mol. The van der Waals surface area contributed by atoms with Crippen LogP contribution in [0.3, 0.4) is 0 Å². The first-order valence-corrected chi connectivity index (χ1v) is 5.60. The Morgan fingerprint density at radius 2 is 2.00 bits per heavy atom. The summed E-state index contributed by atoms with van der Waals surface area (Å²) >= 11 is 0. The largest absolute Gasteiger partial charge is 0.266 e. The molecule has 1 aromatic rings. The number of hydrogen-bond acceptors (Lipinski definition) is 4. The van der Waals surface area contributed by atoms with Crippen molar-refractivity contribution in [3.05, 3.63) is 47.8 Å². The van der Waals surface area contributed by atoms with Gasteiger partial charge >= 0.3 is 0 Å². The molecule has 1 fully saturated rings. The Morgan fingerprint density at radius 1 is 1.33 bits per heavy atom. The zero-order valence-electron chi connectivity index (χ0n) is 10.4. The van der Waals surface area contributed by atoms with Crippen LogP contribution in [0.25, 0.3) is 0 Å². The van der Waals surface area contributed by atoms with Gasteiger partial charge in [0, 0.05) is 12.6 Å². The van der Waals surface area contributed by atoms with E-state index in [1.165, 1.54) is 0 Å². The Balaban J connectivity index is 0.00000120. The summed E-state index contributed by atoms with van der Waals surface area (Å²) in [5.74, 6) is 1.01. The molecule has 3 rings (SSSR count). The van der Waals surface area contributed by atoms with Crippen LogP contribution in [-0.2, 0) is 0 Å². The van der Waals surface area contributed by atoms with Crippen molar-refractivity contribution in [2.45, 2.75) is 6.29 Å². The van der Waals surface area contributed by atoms with Crippen molar-refractivity contribution in [1.29, 1.82) is 0 Å². The third kappa shape index (κ3) is 1.72. The fourth-order valence-electron chi connectivity index (χ4n) is 2.24. The molecule has 6 heteroatoms. The number of fused-ring (bicyclic) bond motifs is 1. The molecule has 3 N–H and O–H groups in total. The maximum absolute atomic E-state index is 6.13. The molecule has 0 bridgehead atoms. The van der Waals surface area contributed by atoms with Crippen molar-refractivity contribution in [2.75, 3.05) is 14.1 Å². The van der Waals surface area contributed by atoms with Gasteiger partial charge in [-0.1, -0.05) is 35.4 Å². The molecule has 2 atom stereocenters. The zero-order valence-corrected chi connectivity index (χ0v) is 11.2. The minimum Gasteiger partial charge on any atom is -0.266 e. The van der Waals surface area contributed by atoms with Crippen LogP contribution in [0.4, 0.5) is 0 Å².